The number of pyridine rings is 1. The first-order chi connectivity index (χ1) is 9.61. The molecule has 7 heteroatoms. The molecule has 0 unspecified atom stereocenters. The Labute approximate surface area is 119 Å². The minimum atomic E-state index is -0.105. The molecule has 0 aliphatic heterocycles. The van der Waals surface area contributed by atoms with E-state index in [4.69, 9.17) is 0 Å². The molecule has 6 nitrogen and oxygen atoms in total. The molecule has 0 aliphatic rings. The highest BCUT2D eigenvalue weighted by Crippen LogP contribution is 2.22. The fraction of sp³-hybridized carbons (Fsp3) is 0.231. The fourth-order valence-electron chi connectivity index (χ4n) is 2.14. The van der Waals surface area contributed by atoms with Crippen LogP contribution in [0, 0.1) is 6.92 Å². The van der Waals surface area contributed by atoms with Gasteiger partial charge in [0, 0.05) is 18.6 Å². The van der Waals surface area contributed by atoms with Crippen LogP contribution in [0.1, 0.15) is 5.69 Å². The third kappa shape index (κ3) is 1.90. The smallest absolute Gasteiger partial charge is 0.261 e. The maximum Gasteiger partial charge on any atom is 0.261 e. The van der Waals surface area contributed by atoms with E-state index in [1.165, 1.54) is 11.8 Å². The molecule has 3 aromatic rings. The summed E-state index contributed by atoms with van der Waals surface area (Å²) in [5.41, 5.74) is 2.67. The molecular weight excluding hydrogens is 274 g/mol. The van der Waals surface area contributed by atoms with Gasteiger partial charge in [-0.25, -0.2) is 9.97 Å². The van der Waals surface area contributed by atoms with Crippen molar-refractivity contribution in [1.29, 1.82) is 0 Å². The van der Waals surface area contributed by atoms with E-state index in [0.717, 1.165) is 11.1 Å². The van der Waals surface area contributed by atoms with E-state index in [1.54, 1.807) is 23.9 Å². The molecular formula is C13H13N5OS. The van der Waals surface area contributed by atoms with Crippen molar-refractivity contribution in [2.24, 2.45) is 7.05 Å². The Morgan fingerprint density at radius 3 is 2.80 bits per heavy atom. The Kier molecular flexibility index (Phi) is 3.06. The van der Waals surface area contributed by atoms with Gasteiger partial charge in [-0.1, -0.05) is 11.8 Å². The summed E-state index contributed by atoms with van der Waals surface area (Å²) >= 11 is 1.46. The van der Waals surface area contributed by atoms with Crippen molar-refractivity contribution in [3.8, 4) is 11.3 Å². The number of fused-ring (bicyclic) bond motifs is 1. The Balaban J connectivity index is 2.40. The van der Waals surface area contributed by atoms with Gasteiger partial charge in [0.15, 0.2) is 5.16 Å². The summed E-state index contributed by atoms with van der Waals surface area (Å²) in [5, 5.41) is 8.25. The second-order valence-electron chi connectivity index (χ2n) is 4.43. The predicted octanol–water partition coefficient (Wildman–Crippen LogP) is 1.75. The molecule has 0 aliphatic carbocycles. The van der Waals surface area contributed by atoms with Crippen LogP contribution in [0.2, 0.25) is 0 Å². The van der Waals surface area contributed by atoms with Gasteiger partial charge in [0.2, 0.25) is 0 Å². The van der Waals surface area contributed by atoms with Crippen molar-refractivity contribution >= 4 is 22.8 Å². The van der Waals surface area contributed by atoms with Crippen molar-refractivity contribution in [2.75, 3.05) is 6.26 Å². The highest BCUT2D eigenvalue weighted by molar-refractivity contribution is 7.98. The Morgan fingerprint density at radius 2 is 2.15 bits per heavy atom. The number of rotatable bonds is 2. The minimum Gasteiger partial charge on any atom is -0.295 e. The molecule has 0 radical (unpaired) electrons. The van der Waals surface area contributed by atoms with Crippen molar-refractivity contribution < 1.29 is 0 Å². The van der Waals surface area contributed by atoms with E-state index < -0.39 is 0 Å². The molecule has 0 saturated carbocycles. The van der Waals surface area contributed by atoms with Gasteiger partial charge in [-0.15, -0.1) is 0 Å². The number of thioether (sulfide) groups is 1. The molecule has 0 spiro atoms. The number of nitrogens with one attached hydrogen (secondary N) is 1. The third-order valence-electron chi connectivity index (χ3n) is 3.21. The number of aryl methyl sites for hydroxylation is 2. The van der Waals surface area contributed by atoms with E-state index in [0.29, 0.717) is 22.1 Å². The maximum absolute atomic E-state index is 12.4. The number of aromatic amines is 1. The first-order valence-corrected chi connectivity index (χ1v) is 7.26. The third-order valence-corrected chi connectivity index (χ3v) is 3.76. The average Bonchev–Trinajstić information content (AvgIpc) is 2.97. The highest BCUT2D eigenvalue weighted by atomic mass is 32.2. The van der Waals surface area contributed by atoms with Gasteiger partial charge in [-0.05, 0) is 25.3 Å². The highest BCUT2D eigenvalue weighted by Gasteiger charge is 2.13. The summed E-state index contributed by atoms with van der Waals surface area (Å²) < 4.78 is 1.56. The van der Waals surface area contributed by atoms with E-state index in [2.05, 4.69) is 20.2 Å². The van der Waals surface area contributed by atoms with Crippen LogP contribution in [0.15, 0.2) is 28.3 Å². The molecule has 1 N–H and O–H groups in total. The first-order valence-electron chi connectivity index (χ1n) is 6.04. The minimum absolute atomic E-state index is 0.105. The van der Waals surface area contributed by atoms with Crippen LogP contribution < -0.4 is 5.56 Å². The Bertz CT molecular complexity index is 838. The number of hydrogen-bond donors (Lipinski definition) is 1. The van der Waals surface area contributed by atoms with Crippen LogP contribution >= 0.6 is 11.8 Å². The molecule has 0 amide bonds. The molecule has 3 heterocycles. The summed E-state index contributed by atoms with van der Waals surface area (Å²) in [5.74, 6) is 0. The van der Waals surface area contributed by atoms with Gasteiger partial charge in [0.25, 0.3) is 5.56 Å². The van der Waals surface area contributed by atoms with Crippen LogP contribution in [-0.2, 0) is 7.05 Å². The van der Waals surface area contributed by atoms with Crippen molar-refractivity contribution in [3.05, 3.63) is 34.4 Å². The molecule has 0 saturated heterocycles. The molecule has 20 heavy (non-hydrogen) atoms. The summed E-state index contributed by atoms with van der Waals surface area (Å²) in [6, 6.07) is 3.60. The molecule has 0 fully saturated rings. The van der Waals surface area contributed by atoms with Crippen LogP contribution in [0.5, 0.6) is 0 Å². The lowest BCUT2D eigenvalue weighted by atomic mass is 10.1. The van der Waals surface area contributed by atoms with Crippen LogP contribution in [0.25, 0.3) is 22.3 Å². The monoisotopic (exact) mass is 287 g/mol. The van der Waals surface area contributed by atoms with Crippen LogP contribution in [0.4, 0.5) is 0 Å². The Hall–Kier alpha value is -2.15. The molecule has 0 aromatic carbocycles. The number of hydrogen-bond acceptors (Lipinski definition) is 5. The molecule has 102 valence electrons. The average molecular weight is 287 g/mol. The largest absolute Gasteiger partial charge is 0.295 e. The summed E-state index contributed by atoms with van der Waals surface area (Å²) in [6.45, 7) is 1.92. The Morgan fingerprint density at radius 1 is 1.35 bits per heavy atom. The molecule has 3 aromatic heterocycles. The second-order valence-corrected chi connectivity index (χ2v) is 5.20. The van der Waals surface area contributed by atoms with Gasteiger partial charge >= 0.3 is 0 Å². The lowest BCUT2D eigenvalue weighted by Gasteiger charge is -2.09. The van der Waals surface area contributed by atoms with E-state index in [-0.39, 0.29) is 5.56 Å². The quantitative estimate of drug-likeness (QED) is 0.574. The van der Waals surface area contributed by atoms with Gasteiger partial charge in [0.1, 0.15) is 5.65 Å². The first kappa shape index (κ1) is 12.9. The van der Waals surface area contributed by atoms with Crippen molar-refractivity contribution in [1.82, 2.24) is 24.7 Å². The zero-order valence-corrected chi connectivity index (χ0v) is 12.2. The summed E-state index contributed by atoms with van der Waals surface area (Å²) in [7, 11) is 1.72. The molecule has 0 bridgehead atoms. The van der Waals surface area contributed by atoms with Gasteiger partial charge in [-0.3, -0.25) is 14.5 Å². The molecule has 0 atom stereocenters. The normalized spacial score (nSPS) is 11.2. The summed E-state index contributed by atoms with van der Waals surface area (Å²) in [4.78, 5) is 21.3. The zero-order chi connectivity index (χ0) is 14.3. The van der Waals surface area contributed by atoms with Crippen LogP contribution in [0.3, 0.4) is 0 Å². The standard InChI is InChI=1S/C13H13N5OS/c1-7-8-6-9(10-4-5-14-17-10)12(19)18(2)11(8)16-13(15-7)20-3/h4-6H,1-3H3,(H,14,17). The zero-order valence-electron chi connectivity index (χ0n) is 11.3. The van der Waals surface area contributed by atoms with Gasteiger partial charge < -0.3 is 0 Å². The fourth-order valence-corrected chi connectivity index (χ4v) is 2.55. The molecule has 3 rings (SSSR count). The maximum atomic E-state index is 12.4. The van der Waals surface area contributed by atoms with Crippen molar-refractivity contribution in [2.45, 2.75) is 12.1 Å². The summed E-state index contributed by atoms with van der Waals surface area (Å²) in [6.07, 6.45) is 3.54. The number of aromatic nitrogens is 5. The number of nitrogens with zero attached hydrogens (tertiary/aromatic N) is 4. The lowest BCUT2D eigenvalue weighted by Crippen LogP contribution is -2.20. The lowest BCUT2D eigenvalue weighted by molar-refractivity contribution is 0.853. The van der Waals surface area contributed by atoms with Crippen molar-refractivity contribution in [3.63, 3.8) is 0 Å². The second kappa shape index (κ2) is 4.75. The van der Waals surface area contributed by atoms with E-state index >= 15 is 0 Å². The topological polar surface area (TPSA) is 76.5 Å². The van der Waals surface area contributed by atoms with E-state index in [1.807, 2.05) is 19.2 Å². The number of H-pyrrole nitrogens is 1. The van der Waals surface area contributed by atoms with Gasteiger partial charge in [-0.2, -0.15) is 5.10 Å². The predicted molar refractivity (Wildman–Crippen MR) is 78.9 cm³/mol. The van der Waals surface area contributed by atoms with Crippen LogP contribution in [-0.4, -0.2) is 31.0 Å². The van der Waals surface area contributed by atoms with Gasteiger partial charge in [0.05, 0.1) is 17.0 Å². The SMILES string of the molecule is CSc1nc(C)c2cc(-c3ccn[nH]3)c(=O)n(C)c2n1. The van der Waals surface area contributed by atoms with E-state index in [9.17, 15) is 4.79 Å².